The van der Waals surface area contributed by atoms with Crippen LogP contribution in [0, 0.1) is 18.6 Å². The number of carbonyl (C=O) groups is 1. The van der Waals surface area contributed by atoms with Gasteiger partial charge in [-0.25, -0.2) is 8.78 Å². The van der Waals surface area contributed by atoms with Gasteiger partial charge in [-0.2, -0.15) is 0 Å². The van der Waals surface area contributed by atoms with Crippen molar-refractivity contribution in [1.82, 2.24) is 4.90 Å². The van der Waals surface area contributed by atoms with Crippen LogP contribution in [0.1, 0.15) is 21.7 Å². The fourth-order valence-corrected chi connectivity index (χ4v) is 1.86. The summed E-state index contributed by atoms with van der Waals surface area (Å²) in [6, 6.07) is 3.76. The molecule has 4 nitrogen and oxygen atoms in total. The lowest BCUT2D eigenvalue weighted by Crippen LogP contribution is -2.28. The van der Waals surface area contributed by atoms with E-state index in [-0.39, 0.29) is 12.2 Å². The summed E-state index contributed by atoms with van der Waals surface area (Å²) in [5.74, 6) is -2.09. The number of hydrogen-bond donors (Lipinski definition) is 1. The van der Waals surface area contributed by atoms with Crippen LogP contribution in [0.25, 0.3) is 0 Å². The minimum absolute atomic E-state index is 0.189. The second-order valence-electron chi connectivity index (χ2n) is 4.49. The maximum Gasteiger partial charge on any atom is 0.259 e. The fourth-order valence-electron chi connectivity index (χ4n) is 1.86. The first-order valence-electron chi connectivity index (χ1n) is 5.93. The Hall–Kier alpha value is -2.37. The maximum atomic E-state index is 13.8. The second-order valence-corrected chi connectivity index (χ2v) is 4.49. The van der Waals surface area contributed by atoms with Crippen LogP contribution in [-0.2, 0) is 6.54 Å². The van der Waals surface area contributed by atoms with Gasteiger partial charge < -0.3 is 15.1 Å². The van der Waals surface area contributed by atoms with Crippen molar-refractivity contribution in [3.63, 3.8) is 0 Å². The molecule has 0 aliphatic rings. The highest BCUT2D eigenvalue weighted by atomic mass is 19.1. The Morgan fingerprint density at radius 2 is 2.05 bits per heavy atom. The molecule has 6 heteroatoms. The third-order valence-corrected chi connectivity index (χ3v) is 3.06. The number of carbonyl (C=O) groups excluding carboxylic acids is 1. The van der Waals surface area contributed by atoms with Crippen LogP contribution in [0.4, 0.5) is 14.5 Å². The highest BCUT2D eigenvalue weighted by Gasteiger charge is 2.23. The van der Waals surface area contributed by atoms with Crippen molar-refractivity contribution in [3.05, 3.63) is 53.0 Å². The first-order valence-corrected chi connectivity index (χ1v) is 5.93. The monoisotopic (exact) mass is 280 g/mol. The average Bonchev–Trinajstić information content (AvgIpc) is 2.80. The van der Waals surface area contributed by atoms with Crippen molar-refractivity contribution < 1.29 is 18.0 Å². The summed E-state index contributed by atoms with van der Waals surface area (Å²) >= 11 is 0. The zero-order valence-corrected chi connectivity index (χ0v) is 11.1. The van der Waals surface area contributed by atoms with E-state index in [2.05, 4.69) is 0 Å². The third-order valence-electron chi connectivity index (χ3n) is 3.06. The van der Waals surface area contributed by atoms with Gasteiger partial charge in [0, 0.05) is 19.2 Å². The van der Waals surface area contributed by atoms with Gasteiger partial charge in [-0.1, -0.05) is 0 Å². The van der Waals surface area contributed by atoms with Crippen LogP contribution in [0.5, 0.6) is 0 Å². The number of amides is 1. The largest absolute Gasteiger partial charge is 0.469 e. The van der Waals surface area contributed by atoms with Gasteiger partial charge in [0.1, 0.15) is 17.1 Å². The summed E-state index contributed by atoms with van der Waals surface area (Å²) in [7, 11) is 1.46. The zero-order valence-electron chi connectivity index (χ0n) is 11.1. The van der Waals surface area contributed by atoms with E-state index in [9.17, 15) is 13.6 Å². The number of anilines is 1. The molecule has 2 aromatic rings. The number of rotatable bonds is 3. The van der Waals surface area contributed by atoms with Crippen molar-refractivity contribution in [3.8, 4) is 0 Å². The Morgan fingerprint density at radius 3 is 2.65 bits per heavy atom. The van der Waals surface area contributed by atoms with Gasteiger partial charge in [0.15, 0.2) is 5.82 Å². The summed E-state index contributed by atoms with van der Waals surface area (Å²) < 4.78 is 32.5. The average molecular weight is 280 g/mol. The SMILES string of the molecule is Cc1occc1CN(C)C(=O)c1c(F)ccc(N)c1F. The Morgan fingerprint density at radius 1 is 1.35 bits per heavy atom. The smallest absolute Gasteiger partial charge is 0.259 e. The predicted molar refractivity (Wildman–Crippen MR) is 70.0 cm³/mol. The van der Waals surface area contributed by atoms with Gasteiger partial charge in [0.2, 0.25) is 0 Å². The van der Waals surface area contributed by atoms with Crippen molar-refractivity contribution in [2.75, 3.05) is 12.8 Å². The van der Waals surface area contributed by atoms with E-state index >= 15 is 0 Å². The van der Waals surface area contributed by atoms with Gasteiger partial charge >= 0.3 is 0 Å². The van der Waals surface area contributed by atoms with Crippen molar-refractivity contribution in [2.45, 2.75) is 13.5 Å². The molecule has 0 radical (unpaired) electrons. The number of benzene rings is 1. The van der Waals surface area contributed by atoms with Crippen molar-refractivity contribution in [1.29, 1.82) is 0 Å². The van der Waals surface area contributed by atoms with Crippen LogP contribution in [0.2, 0.25) is 0 Å². The molecule has 0 atom stereocenters. The van der Waals surface area contributed by atoms with E-state index in [0.717, 1.165) is 17.7 Å². The summed E-state index contributed by atoms with van der Waals surface area (Å²) in [5, 5.41) is 0. The zero-order chi connectivity index (χ0) is 14.9. The van der Waals surface area contributed by atoms with Gasteiger partial charge in [-0.15, -0.1) is 0 Å². The van der Waals surface area contributed by atoms with Crippen molar-refractivity contribution >= 4 is 11.6 Å². The molecule has 1 heterocycles. The molecule has 0 unspecified atom stereocenters. The molecule has 0 fully saturated rings. The molecule has 1 amide bonds. The van der Waals surface area contributed by atoms with E-state index < -0.39 is 23.1 Å². The molecule has 106 valence electrons. The first-order chi connectivity index (χ1) is 9.41. The molecule has 2 N–H and O–H groups in total. The van der Waals surface area contributed by atoms with E-state index in [1.54, 1.807) is 13.0 Å². The molecule has 20 heavy (non-hydrogen) atoms. The molecule has 0 saturated carbocycles. The highest BCUT2D eigenvalue weighted by molar-refractivity contribution is 5.95. The number of nitrogens with two attached hydrogens (primary N) is 1. The van der Waals surface area contributed by atoms with Crippen LogP contribution >= 0.6 is 0 Å². The van der Waals surface area contributed by atoms with E-state index in [1.807, 2.05) is 0 Å². The number of halogens is 2. The number of aryl methyl sites for hydroxylation is 1. The standard InChI is InChI=1S/C14H14F2N2O2/c1-8-9(5-6-20-8)7-18(2)14(19)12-10(15)3-4-11(17)13(12)16/h3-6H,7,17H2,1-2H3. The van der Waals surface area contributed by atoms with E-state index in [0.29, 0.717) is 5.76 Å². The number of hydrogen-bond acceptors (Lipinski definition) is 3. The summed E-state index contributed by atoms with van der Waals surface area (Å²) in [6.07, 6.45) is 1.49. The lowest BCUT2D eigenvalue weighted by Gasteiger charge is -2.18. The highest BCUT2D eigenvalue weighted by Crippen LogP contribution is 2.21. The van der Waals surface area contributed by atoms with Gasteiger partial charge in [-0.3, -0.25) is 4.79 Å². The number of furan rings is 1. The van der Waals surface area contributed by atoms with E-state index in [4.69, 9.17) is 10.2 Å². The lowest BCUT2D eigenvalue weighted by atomic mass is 10.1. The lowest BCUT2D eigenvalue weighted by molar-refractivity contribution is 0.0775. The summed E-state index contributed by atoms with van der Waals surface area (Å²) in [4.78, 5) is 13.3. The fraction of sp³-hybridized carbons (Fsp3) is 0.214. The molecule has 0 aliphatic heterocycles. The Labute approximate surface area is 114 Å². The van der Waals surface area contributed by atoms with Crippen LogP contribution in [0.3, 0.4) is 0 Å². The molecule has 2 rings (SSSR count). The molecule has 1 aromatic heterocycles. The third kappa shape index (κ3) is 2.49. The van der Waals surface area contributed by atoms with Crippen LogP contribution in [0.15, 0.2) is 28.9 Å². The number of nitrogens with zero attached hydrogens (tertiary/aromatic N) is 1. The molecule has 0 saturated heterocycles. The Kier molecular flexibility index (Phi) is 3.74. The molecular weight excluding hydrogens is 266 g/mol. The normalized spacial score (nSPS) is 10.6. The summed E-state index contributed by atoms with van der Waals surface area (Å²) in [5.41, 5.74) is 5.22. The predicted octanol–water partition coefficient (Wildman–Crippen LogP) is 2.72. The molecule has 0 aliphatic carbocycles. The van der Waals surface area contributed by atoms with Gasteiger partial charge in [-0.05, 0) is 25.1 Å². The van der Waals surface area contributed by atoms with Crippen molar-refractivity contribution in [2.24, 2.45) is 0 Å². The maximum absolute atomic E-state index is 13.8. The number of nitrogen functional groups attached to an aromatic ring is 1. The quantitative estimate of drug-likeness (QED) is 0.879. The first kappa shape index (κ1) is 14.0. The van der Waals surface area contributed by atoms with Gasteiger partial charge in [0.05, 0.1) is 12.0 Å². The minimum atomic E-state index is -1.04. The van der Waals surface area contributed by atoms with Gasteiger partial charge in [0.25, 0.3) is 5.91 Å². The topological polar surface area (TPSA) is 59.5 Å². The minimum Gasteiger partial charge on any atom is -0.469 e. The molecule has 1 aromatic carbocycles. The van der Waals surface area contributed by atoms with E-state index in [1.165, 1.54) is 18.2 Å². The van der Waals surface area contributed by atoms with Crippen LogP contribution in [-0.4, -0.2) is 17.9 Å². The molecule has 0 spiro atoms. The molecule has 0 bridgehead atoms. The van der Waals surface area contributed by atoms with Crippen LogP contribution < -0.4 is 5.73 Å². The Balaban J connectivity index is 2.28. The summed E-state index contributed by atoms with van der Waals surface area (Å²) in [6.45, 7) is 1.93. The second kappa shape index (κ2) is 5.32. The molecular formula is C14H14F2N2O2. The Bertz CT molecular complexity index is 653.